The average Bonchev–Trinajstić information content (AvgIpc) is 2.31. The number of hydrogen-bond donors (Lipinski definition) is 4. The monoisotopic (exact) mass is 306 g/mol. The minimum atomic E-state index is -3.21. The molecule has 0 saturated heterocycles. The van der Waals surface area contributed by atoms with Gasteiger partial charge in [-0.15, -0.1) is 0 Å². The maximum absolute atomic E-state index is 12.1. The van der Waals surface area contributed by atoms with Crippen LogP contribution in [-0.4, -0.2) is 44.7 Å². The number of carbonyl (C=O) groups excluding carboxylic acids is 1. The standard InChI is InChI=1S/C11H22N4O4S/c1-8-6-11(7-8,9(12)15-17)10(16)13-4-3-5-14-20(2,18)19/h8,14,17H,3-7H2,1-2H3,(H2,12,15)(H,13,16). The zero-order chi connectivity index (χ0) is 15.4. The van der Waals surface area contributed by atoms with Crippen molar-refractivity contribution < 1.29 is 18.4 Å². The molecule has 1 fully saturated rings. The average molecular weight is 306 g/mol. The Bertz CT molecular complexity index is 483. The van der Waals surface area contributed by atoms with E-state index < -0.39 is 15.4 Å². The Morgan fingerprint density at radius 2 is 2.05 bits per heavy atom. The lowest BCUT2D eigenvalue weighted by Crippen LogP contribution is -2.56. The van der Waals surface area contributed by atoms with Gasteiger partial charge in [0.05, 0.1) is 6.26 Å². The molecule has 0 bridgehead atoms. The van der Waals surface area contributed by atoms with Crippen LogP contribution in [0, 0.1) is 11.3 Å². The molecule has 1 amide bonds. The second kappa shape index (κ2) is 6.40. The maximum Gasteiger partial charge on any atom is 0.233 e. The van der Waals surface area contributed by atoms with E-state index in [9.17, 15) is 13.2 Å². The summed E-state index contributed by atoms with van der Waals surface area (Å²) in [4.78, 5) is 12.1. The topological polar surface area (TPSA) is 134 Å². The van der Waals surface area contributed by atoms with Crippen LogP contribution in [0.3, 0.4) is 0 Å². The van der Waals surface area contributed by atoms with E-state index >= 15 is 0 Å². The molecule has 0 aromatic carbocycles. The number of rotatable bonds is 7. The Morgan fingerprint density at radius 3 is 2.50 bits per heavy atom. The van der Waals surface area contributed by atoms with E-state index in [1.165, 1.54) is 0 Å². The highest BCUT2D eigenvalue weighted by atomic mass is 32.2. The molecule has 0 unspecified atom stereocenters. The summed E-state index contributed by atoms with van der Waals surface area (Å²) in [5, 5.41) is 14.4. The number of amides is 1. The summed E-state index contributed by atoms with van der Waals surface area (Å²) < 4.78 is 24.0. The number of nitrogens with zero attached hydrogens (tertiary/aromatic N) is 1. The molecule has 1 rings (SSSR count). The summed E-state index contributed by atoms with van der Waals surface area (Å²) in [6, 6.07) is 0. The summed E-state index contributed by atoms with van der Waals surface area (Å²) in [6.07, 6.45) is 2.65. The lowest BCUT2D eigenvalue weighted by atomic mass is 9.61. The molecule has 1 saturated carbocycles. The van der Waals surface area contributed by atoms with Gasteiger partial charge in [-0.2, -0.15) is 0 Å². The fourth-order valence-electron chi connectivity index (χ4n) is 2.45. The van der Waals surface area contributed by atoms with Crippen molar-refractivity contribution in [3.8, 4) is 0 Å². The van der Waals surface area contributed by atoms with Crippen LogP contribution in [0.4, 0.5) is 0 Å². The number of amidine groups is 1. The zero-order valence-corrected chi connectivity index (χ0v) is 12.5. The van der Waals surface area contributed by atoms with Gasteiger partial charge in [0.1, 0.15) is 5.41 Å². The highest BCUT2D eigenvalue weighted by Crippen LogP contribution is 2.45. The molecule has 1 aliphatic rings. The van der Waals surface area contributed by atoms with Crippen molar-refractivity contribution in [3.63, 3.8) is 0 Å². The molecular weight excluding hydrogens is 284 g/mol. The largest absolute Gasteiger partial charge is 0.409 e. The molecule has 1 aliphatic carbocycles. The Hall–Kier alpha value is -1.35. The van der Waals surface area contributed by atoms with Crippen molar-refractivity contribution in [2.24, 2.45) is 22.2 Å². The first kappa shape index (κ1) is 16.7. The normalized spacial score (nSPS) is 26.9. The van der Waals surface area contributed by atoms with E-state index in [4.69, 9.17) is 10.9 Å². The first-order chi connectivity index (χ1) is 9.21. The summed E-state index contributed by atoms with van der Waals surface area (Å²) >= 11 is 0. The van der Waals surface area contributed by atoms with Crippen LogP contribution in [0.1, 0.15) is 26.2 Å². The second-order valence-corrected chi connectivity index (χ2v) is 7.19. The van der Waals surface area contributed by atoms with Crippen molar-refractivity contribution in [1.29, 1.82) is 0 Å². The second-order valence-electron chi connectivity index (χ2n) is 5.36. The number of oxime groups is 1. The van der Waals surface area contributed by atoms with Gasteiger partial charge < -0.3 is 16.3 Å². The molecule has 0 spiro atoms. The molecule has 0 heterocycles. The molecule has 5 N–H and O–H groups in total. The third-order valence-corrected chi connectivity index (χ3v) is 4.16. The minimum Gasteiger partial charge on any atom is -0.409 e. The number of sulfonamides is 1. The summed E-state index contributed by atoms with van der Waals surface area (Å²) in [6.45, 7) is 2.58. The van der Waals surface area contributed by atoms with Crippen LogP contribution in [0.5, 0.6) is 0 Å². The summed E-state index contributed by atoms with van der Waals surface area (Å²) in [5.41, 5.74) is 4.69. The van der Waals surface area contributed by atoms with Gasteiger partial charge in [-0.05, 0) is 25.2 Å². The van der Waals surface area contributed by atoms with Crippen LogP contribution in [-0.2, 0) is 14.8 Å². The van der Waals surface area contributed by atoms with Crippen LogP contribution in [0.25, 0.3) is 0 Å². The molecule has 9 heteroatoms. The Morgan fingerprint density at radius 1 is 1.45 bits per heavy atom. The van der Waals surface area contributed by atoms with Gasteiger partial charge in [-0.1, -0.05) is 12.1 Å². The van der Waals surface area contributed by atoms with Gasteiger partial charge in [0.2, 0.25) is 15.9 Å². The first-order valence-corrected chi connectivity index (χ1v) is 8.31. The fourth-order valence-corrected chi connectivity index (χ4v) is 2.97. The quantitative estimate of drug-likeness (QED) is 0.161. The predicted octanol–water partition coefficient (Wildman–Crippen LogP) is -0.795. The molecule has 0 aromatic rings. The molecule has 20 heavy (non-hydrogen) atoms. The highest BCUT2D eigenvalue weighted by molar-refractivity contribution is 7.88. The number of hydrogen-bond acceptors (Lipinski definition) is 5. The van der Waals surface area contributed by atoms with Gasteiger partial charge >= 0.3 is 0 Å². The van der Waals surface area contributed by atoms with Crippen molar-refractivity contribution in [1.82, 2.24) is 10.0 Å². The molecule has 0 atom stereocenters. The van der Waals surface area contributed by atoms with Gasteiger partial charge in [-0.25, -0.2) is 13.1 Å². The van der Waals surface area contributed by atoms with Crippen molar-refractivity contribution >= 4 is 21.8 Å². The van der Waals surface area contributed by atoms with E-state index in [1.807, 2.05) is 6.92 Å². The Kier molecular flexibility index (Phi) is 5.35. The zero-order valence-electron chi connectivity index (χ0n) is 11.7. The third-order valence-electron chi connectivity index (χ3n) is 3.43. The minimum absolute atomic E-state index is 0.0673. The molecule has 8 nitrogen and oxygen atoms in total. The lowest BCUT2D eigenvalue weighted by Gasteiger charge is -2.43. The van der Waals surface area contributed by atoms with Crippen molar-refractivity contribution in [2.45, 2.75) is 26.2 Å². The molecular formula is C11H22N4O4S. The van der Waals surface area contributed by atoms with Gasteiger partial charge in [-0.3, -0.25) is 4.79 Å². The summed E-state index contributed by atoms with van der Waals surface area (Å²) in [7, 11) is -3.21. The smallest absolute Gasteiger partial charge is 0.233 e. The SMILES string of the molecule is CC1CC(C(=O)NCCCNS(C)(=O)=O)(C(N)=NO)C1. The van der Waals surface area contributed by atoms with E-state index in [1.54, 1.807) is 0 Å². The van der Waals surface area contributed by atoms with Crippen LogP contribution in [0.2, 0.25) is 0 Å². The molecule has 116 valence electrons. The Balaban J connectivity index is 2.42. The van der Waals surface area contributed by atoms with E-state index in [2.05, 4.69) is 15.2 Å². The number of carbonyl (C=O) groups is 1. The third kappa shape index (κ3) is 4.07. The van der Waals surface area contributed by atoms with E-state index in [-0.39, 0.29) is 18.3 Å². The predicted molar refractivity (Wildman–Crippen MR) is 74.7 cm³/mol. The summed E-state index contributed by atoms with van der Waals surface area (Å²) in [5.74, 6) is 0.0144. The maximum atomic E-state index is 12.1. The van der Waals surface area contributed by atoms with Gasteiger partial charge in [0.25, 0.3) is 0 Å². The lowest BCUT2D eigenvalue weighted by molar-refractivity contribution is -0.133. The molecule has 0 radical (unpaired) electrons. The van der Waals surface area contributed by atoms with E-state index in [0.717, 1.165) is 6.26 Å². The highest BCUT2D eigenvalue weighted by Gasteiger charge is 2.51. The first-order valence-electron chi connectivity index (χ1n) is 6.42. The van der Waals surface area contributed by atoms with Gasteiger partial charge in [0, 0.05) is 13.1 Å². The Labute approximate surface area is 118 Å². The van der Waals surface area contributed by atoms with Crippen molar-refractivity contribution in [3.05, 3.63) is 0 Å². The van der Waals surface area contributed by atoms with E-state index in [0.29, 0.717) is 31.7 Å². The van der Waals surface area contributed by atoms with Crippen LogP contribution >= 0.6 is 0 Å². The number of nitrogens with one attached hydrogen (secondary N) is 2. The van der Waals surface area contributed by atoms with Crippen LogP contribution in [0.15, 0.2) is 5.16 Å². The van der Waals surface area contributed by atoms with Crippen molar-refractivity contribution in [2.75, 3.05) is 19.3 Å². The molecule has 0 aliphatic heterocycles. The number of nitrogens with two attached hydrogens (primary N) is 1. The van der Waals surface area contributed by atoms with Crippen LogP contribution < -0.4 is 15.8 Å². The molecule has 0 aromatic heterocycles. The van der Waals surface area contributed by atoms with Gasteiger partial charge in [0.15, 0.2) is 5.84 Å². The fraction of sp³-hybridized carbons (Fsp3) is 0.818.